The van der Waals surface area contributed by atoms with Crippen molar-refractivity contribution >= 4 is 11.9 Å². The van der Waals surface area contributed by atoms with E-state index in [1.807, 2.05) is 0 Å². The van der Waals surface area contributed by atoms with Gasteiger partial charge in [0.2, 0.25) is 5.91 Å². The van der Waals surface area contributed by atoms with Gasteiger partial charge in [0, 0.05) is 45.2 Å². The van der Waals surface area contributed by atoms with Gasteiger partial charge < -0.3 is 20.7 Å². The van der Waals surface area contributed by atoms with Crippen molar-refractivity contribution < 1.29 is 9.53 Å². The first kappa shape index (κ1) is 22.6. The van der Waals surface area contributed by atoms with E-state index in [-0.39, 0.29) is 24.0 Å². The number of carbonyl (C=O) groups is 1. The summed E-state index contributed by atoms with van der Waals surface area (Å²) in [4.78, 5) is 19.0. The molecule has 2 unspecified atom stereocenters. The highest BCUT2D eigenvalue weighted by Gasteiger charge is 2.29. The Labute approximate surface area is 180 Å². The number of hydrogen-bond donors (Lipinski definition) is 3. The molecule has 1 saturated carbocycles. The van der Waals surface area contributed by atoms with Gasteiger partial charge in [-0.15, -0.1) is 0 Å². The van der Waals surface area contributed by atoms with Crippen LogP contribution in [0.2, 0.25) is 0 Å². The monoisotopic (exact) mass is 415 g/mol. The van der Waals surface area contributed by atoms with Crippen LogP contribution in [0.25, 0.3) is 0 Å². The second-order valence-corrected chi connectivity index (χ2v) is 8.41. The molecule has 1 aliphatic carbocycles. The number of nitrogens with zero attached hydrogens (tertiary/aromatic N) is 2. The Balaban J connectivity index is 1.53. The number of guanidine groups is 1. The summed E-state index contributed by atoms with van der Waals surface area (Å²) in [5, 5.41) is 9.58. The molecule has 1 saturated heterocycles. The van der Waals surface area contributed by atoms with Crippen LogP contribution < -0.4 is 16.0 Å². The van der Waals surface area contributed by atoms with Crippen LogP contribution in [0.1, 0.15) is 44.7 Å². The van der Waals surface area contributed by atoms with Crippen molar-refractivity contribution in [1.82, 2.24) is 20.9 Å². The van der Waals surface area contributed by atoms with E-state index >= 15 is 0 Å². The average Bonchev–Trinajstić information content (AvgIpc) is 3.55. The topological polar surface area (TPSA) is 78.0 Å². The maximum Gasteiger partial charge on any atom is 0.223 e. The van der Waals surface area contributed by atoms with Gasteiger partial charge in [-0.2, -0.15) is 0 Å². The minimum absolute atomic E-state index is 0.180. The number of hydrogen-bond acceptors (Lipinski definition) is 4. The fourth-order valence-corrected chi connectivity index (χ4v) is 3.88. The maximum absolute atomic E-state index is 11.7. The van der Waals surface area contributed by atoms with Crippen molar-refractivity contribution in [3.8, 4) is 0 Å². The molecule has 3 N–H and O–H groups in total. The summed E-state index contributed by atoms with van der Waals surface area (Å²) in [5.74, 6) is 1.21. The summed E-state index contributed by atoms with van der Waals surface area (Å²) < 4.78 is 5.86. The third-order valence-electron chi connectivity index (χ3n) is 5.42. The molecule has 3 rings (SSSR count). The largest absolute Gasteiger partial charge is 0.373 e. The molecule has 2 atom stereocenters. The molecule has 1 aliphatic heterocycles. The van der Waals surface area contributed by atoms with E-state index in [1.54, 1.807) is 0 Å². The molecule has 7 heteroatoms. The number of nitrogens with one attached hydrogen (secondary N) is 3. The number of aliphatic imine (C=N–C) groups is 1. The molecule has 1 aromatic carbocycles. The summed E-state index contributed by atoms with van der Waals surface area (Å²) in [5.41, 5.74) is 2.55. The van der Waals surface area contributed by atoms with E-state index in [9.17, 15) is 4.79 Å². The van der Waals surface area contributed by atoms with Gasteiger partial charge >= 0.3 is 0 Å². The van der Waals surface area contributed by atoms with Crippen LogP contribution in [-0.2, 0) is 22.6 Å². The second-order valence-electron chi connectivity index (χ2n) is 8.41. The van der Waals surface area contributed by atoms with Crippen LogP contribution in [0, 0.1) is 5.92 Å². The standard InChI is InChI=1S/C23H37N5O2/c1-4-24-23(26-12-11-25-22(29)19-9-10-19)27-13-20-7-5-6-8-21(20)16-28-14-17(2)30-18(3)15-28/h5-8,17-19H,4,9-16H2,1-3H3,(H,25,29)(H2,24,26,27). The average molecular weight is 416 g/mol. The molecular weight excluding hydrogens is 378 g/mol. The Kier molecular flexibility index (Phi) is 8.51. The van der Waals surface area contributed by atoms with Crippen molar-refractivity contribution in [2.24, 2.45) is 10.9 Å². The van der Waals surface area contributed by atoms with Gasteiger partial charge in [0.25, 0.3) is 0 Å². The first-order chi connectivity index (χ1) is 14.5. The first-order valence-electron chi connectivity index (χ1n) is 11.3. The zero-order valence-corrected chi connectivity index (χ0v) is 18.6. The molecule has 166 valence electrons. The molecule has 1 amide bonds. The van der Waals surface area contributed by atoms with Gasteiger partial charge in [0.05, 0.1) is 18.8 Å². The summed E-state index contributed by atoms with van der Waals surface area (Å²) in [6.07, 6.45) is 2.60. The van der Waals surface area contributed by atoms with Crippen molar-refractivity contribution in [1.29, 1.82) is 0 Å². The minimum atomic E-state index is 0.180. The number of morpholine rings is 1. The number of carbonyl (C=O) groups excluding carboxylic acids is 1. The summed E-state index contributed by atoms with van der Waals surface area (Å²) in [7, 11) is 0. The Bertz CT molecular complexity index is 709. The third-order valence-corrected chi connectivity index (χ3v) is 5.42. The van der Waals surface area contributed by atoms with Crippen LogP contribution in [0.3, 0.4) is 0 Å². The molecule has 1 aromatic rings. The summed E-state index contributed by atoms with van der Waals surface area (Å²) in [6.45, 7) is 11.9. The van der Waals surface area contributed by atoms with Crippen LogP contribution >= 0.6 is 0 Å². The lowest BCUT2D eigenvalue weighted by Gasteiger charge is -2.35. The Morgan fingerprint density at radius 3 is 2.40 bits per heavy atom. The normalized spacial score (nSPS) is 22.6. The third kappa shape index (κ3) is 7.29. The van der Waals surface area contributed by atoms with Crippen LogP contribution in [0.15, 0.2) is 29.3 Å². The molecule has 0 aromatic heterocycles. The highest BCUT2D eigenvalue weighted by molar-refractivity contribution is 5.81. The molecule has 2 fully saturated rings. The molecule has 7 nitrogen and oxygen atoms in total. The van der Waals surface area contributed by atoms with Crippen LogP contribution in [0.4, 0.5) is 0 Å². The smallest absolute Gasteiger partial charge is 0.223 e. The van der Waals surface area contributed by atoms with Crippen LogP contribution in [0.5, 0.6) is 0 Å². The van der Waals surface area contributed by atoms with Gasteiger partial charge in [0.15, 0.2) is 5.96 Å². The Morgan fingerprint density at radius 2 is 1.73 bits per heavy atom. The van der Waals surface area contributed by atoms with Gasteiger partial charge in [-0.25, -0.2) is 4.99 Å². The zero-order chi connectivity index (χ0) is 21.3. The van der Waals surface area contributed by atoms with Gasteiger partial charge in [-0.05, 0) is 44.7 Å². The van der Waals surface area contributed by atoms with E-state index in [2.05, 4.69) is 65.9 Å². The predicted molar refractivity (Wildman–Crippen MR) is 120 cm³/mol. The lowest BCUT2D eigenvalue weighted by Crippen LogP contribution is -2.44. The minimum Gasteiger partial charge on any atom is -0.373 e. The van der Waals surface area contributed by atoms with Gasteiger partial charge in [-0.3, -0.25) is 9.69 Å². The summed E-state index contributed by atoms with van der Waals surface area (Å²) in [6, 6.07) is 8.53. The Hall–Kier alpha value is -2.12. The van der Waals surface area contributed by atoms with E-state index in [0.717, 1.165) is 45.0 Å². The highest BCUT2D eigenvalue weighted by atomic mass is 16.5. The maximum atomic E-state index is 11.7. The molecule has 0 radical (unpaired) electrons. The zero-order valence-electron chi connectivity index (χ0n) is 18.6. The van der Waals surface area contributed by atoms with Crippen molar-refractivity contribution in [2.75, 3.05) is 32.7 Å². The molecule has 0 spiro atoms. The predicted octanol–water partition coefficient (Wildman–Crippen LogP) is 1.88. The quantitative estimate of drug-likeness (QED) is 0.326. The lowest BCUT2D eigenvalue weighted by atomic mass is 10.1. The molecule has 2 aliphatic rings. The fourth-order valence-electron chi connectivity index (χ4n) is 3.88. The highest BCUT2D eigenvalue weighted by Crippen LogP contribution is 2.28. The van der Waals surface area contributed by atoms with Crippen molar-refractivity contribution in [2.45, 2.75) is 58.9 Å². The van der Waals surface area contributed by atoms with E-state index in [4.69, 9.17) is 9.73 Å². The van der Waals surface area contributed by atoms with Crippen molar-refractivity contribution in [3.05, 3.63) is 35.4 Å². The van der Waals surface area contributed by atoms with Crippen LogP contribution in [-0.4, -0.2) is 61.7 Å². The fraction of sp³-hybridized carbons (Fsp3) is 0.652. The van der Waals surface area contributed by atoms with Crippen molar-refractivity contribution in [3.63, 3.8) is 0 Å². The molecule has 1 heterocycles. The molecular formula is C23H37N5O2. The molecule has 0 bridgehead atoms. The van der Waals surface area contributed by atoms with Gasteiger partial charge in [-0.1, -0.05) is 24.3 Å². The summed E-state index contributed by atoms with van der Waals surface area (Å²) >= 11 is 0. The van der Waals surface area contributed by atoms with E-state index < -0.39 is 0 Å². The number of ether oxygens (including phenoxy) is 1. The van der Waals surface area contributed by atoms with E-state index in [1.165, 1.54) is 11.1 Å². The molecule has 30 heavy (non-hydrogen) atoms. The number of rotatable bonds is 9. The number of benzene rings is 1. The number of amides is 1. The lowest BCUT2D eigenvalue weighted by molar-refractivity contribution is -0.122. The second kappa shape index (κ2) is 11.3. The first-order valence-corrected chi connectivity index (χ1v) is 11.3. The SMILES string of the molecule is CCNC(=NCc1ccccc1CN1CC(C)OC(C)C1)NCCNC(=O)C1CC1. The van der Waals surface area contributed by atoms with E-state index in [0.29, 0.717) is 19.6 Å². The Morgan fingerprint density at radius 1 is 1.07 bits per heavy atom. The van der Waals surface area contributed by atoms with Gasteiger partial charge in [0.1, 0.15) is 0 Å².